The Kier molecular flexibility index (Phi) is 6.08. The second kappa shape index (κ2) is 7.58. The van der Waals surface area contributed by atoms with Crippen molar-refractivity contribution in [1.29, 1.82) is 5.26 Å². The fourth-order valence-corrected chi connectivity index (χ4v) is 2.07. The van der Waals surface area contributed by atoms with Gasteiger partial charge in [-0.1, -0.05) is 0 Å². The minimum absolute atomic E-state index is 0.0519. The minimum Gasteiger partial charge on any atom is -0.479 e. The third-order valence-corrected chi connectivity index (χ3v) is 3.10. The summed E-state index contributed by atoms with van der Waals surface area (Å²) in [6.07, 6.45) is 0. The molecule has 0 aliphatic carbocycles. The fraction of sp³-hybridized carbons (Fsp3) is 0.364. The number of hydrogen-bond acceptors (Lipinski definition) is 5. The monoisotopic (exact) mass is 285 g/mol. The molecule has 0 heterocycles. The van der Waals surface area contributed by atoms with Gasteiger partial charge in [-0.25, -0.2) is 0 Å². The van der Waals surface area contributed by atoms with Crippen LogP contribution in [0.1, 0.15) is 0 Å². The topological polar surface area (TPSA) is 100 Å². The maximum Gasteiger partial charge on any atom is 0.299 e. The number of nitrogens with zero attached hydrogens (tertiary/aromatic N) is 1. The minimum atomic E-state index is -3.61. The molecule has 0 aliphatic rings. The Morgan fingerprint density at radius 2 is 2.00 bits per heavy atom. The summed E-state index contributed by atoms with van der Waals surface area (Å²) >= 11 is 0. The van der Waals surface area contributed by atoms with Crippen molar-refractivity contribution in [2.45, 2.75) is 0 Å². The Morgan fingerprint density at radius 3 is 2.58 bits per heavy atom. The molecule has 0 saturated carbocycles. The molecule has 0 spiro atoms. The highest BCUT2D eigenvalue weighted by Gasteiger charge is 2.08. The SMILES string of the molecule is COCCNS(=O)(=O)Nc1ccc(OCC#N)cc1. The molecule has 2 N–H and O–H groups in total. The molecular weight excluding hydrogens is 270 g/mol. The molecule has 0 radical (unpaired) electrons. The maximum absolute atomic E-state index is 11.6. The van der Waals surface area contributed by atoms with Gasteiger partial charge in [-0.3, -0.25) is 4.72 Å². The number of anilines is 1. The highest BCUT2D eigenvalue weighted by molar-refractivity contribution is 7.90. The molecule has 104 valence electrons. The Labute approximate surface area is 112 Å². The van der Waals surface area contributed by atoms with E-state index >= 15 is 0 Å². The van der Waals surface area contributed by atoms with Crippen LogP contribution in [0.4, 0.5) is 5.69 Å². The van der Waals surface area contributed by atoms with Gasteiger partial charge in [0.1, 0.15) is 11.8 Å². The van der Waals surface area contributed by atoms with E-state index in [1.54, 1.807) is 24.3 Å². The summed E-state index contributed by atoms with van der Waals surface area (Å²) < 4.78 is 37.6. The van der Waals surface area contributed by atoms with E-state index in [4.69, 9.17) is 14.7 Å². The zero-order valence-electron chi connectivity index (χ0n) is 10.4. The van der Waals surface area contributed by atoms with Crippen molar-refractivity contribution in [3.63, 3.8) is 0 Å². The standard InChI is InChI=1S/C11H15N3O4S/c1-17-9-7-13-19(15,16)14-10-2-4-11(5-3-10)18-8-6-12/h2-5,13-14H,7-9H2,1H3. The second-order valence-electron chi connectivity index (χ2n) is 3.46. The number of hydrogen-bond donors (Lipinski definition) is 2. The molecule has 0 fully saturated rings. The Bertz CT molecular complexity index is 522. The van der Waals surface area contributed by atoms with E-state index in [-0.39, 0.29) is 13.2 Å². The molecule has 7 nitrogen and oxygen atoms in total. The number of methoxy groups -OCH3 is 1. The molecule has 1 aromatic carbocycles. The lowest BCUT2D eigenvalue weighted by Gasteiger charge is -2.09. The first-order chi connectivity index (χ1) is 9.07. The van der Waals surface area contributed by atoms with Gasteiger partial charge in [-0.15, -0.1) is 0 Å². The molecular formula is C11H15N3O4S. The third kappa shape index (κ3) is 6.05. The van der Waals surface area contributed by atoms with Crippen LogP contribution in [0.5, 0.6) is 5.75 Å². The predicted molar refractivity (Wildman–Crippen MR) is 70.0 cm³/mol. The van der Waals surface area contributed by atoms with Crippen LogP contribution in [0.15, 0.2) is 24.3 Å². The van der Waals surface area contributed by atoms with Crippen LogP contribution >= 0.6 is 0 Å². The van der Waals surface area contributed by atoms with Crippen molar-refractivity contribution in [1.82, 2.24) is 4.72 Å². The van der Waals surface area contributed by atoms with Crippen molar-refractivity contribution in [3.8, 4) is 11.8 Å². The quantitative estimate of drug-likeness (QED) is 0.677. The molecule has 0 atom stereocenters. The van der Waals surface area contributed by atoms with Gasteiger partial charge >= 0.3 is 0 Å². The molecule has 1 aromatic rings. The van der Waals surface area contributed by atoms with Gasteiger partial charge in [0.05, 0.1) is 6.61 Å². The lowest BCUT2D eigenvalue weighted by molar-refractivity contribution is 0.204. The first kappa shape index (κ1) is 15.2. The van der Waals surface area contributed by atoms with Crippen LogP contribution < -0.4 is 14.2 Å². The van der Waals surface area contributed by atoms with Crippen LogP contribution in [-0.4, -0.2) is 35.3 Å². The number of ether oxygens (including phenoxy) is 2. The summed E-state index contributed by atoms with van der Waals surface area (Å²) in [6, 6.07) is 8.08. The average Bonchev–Trinajstić information content (AvgIpc) is 2.38. The molecule has 8 heteroatoms. The van der Waals surface area contributed by atoms with Crippen molar-refractivity contribution in [2.75, 3.05) is 31.6 Å². The smallest absolute Gasteiger partial charge is 0.299 e. The van der Waals surface area contributed by atoms with Gasteiger partial charge in [0, 0.05) is 19.3 Å². The van der Waals surface area contributed by atoms with E-state index in [2.05, 4.69) is 9.44 Å². The van der Waals surface area contributed by atoms with Crippen LogP contribution in [0.2, 0.25) is 0 Å². The highest BCUT2D eigenvalue weighted by atomic mass is 32.2. The second-order valence-corrected chi connectivity index (χ2v) is 4.96. The Morgan fingerprint density at radius 1 is 1.32 bits per heavy atom. The van der Waals surface area contributed by atoms with Crippen molar-refractivity contribution >= 4 is 15.9 Å². The highest BCUT2D eigenvalue weighted by Crippen LogP contribution is 2.16. The largest absolute Gasteiger partial charge is 0.479 e. The summed E-state index contributed by atoms with van der Waals surface area (Å²) in [4.78, 5) is 0. The van der Waals surface area contributed by atoms with Crippen LogP contribution in [0, 0.1) is 11.3 Å². The summed E-state index contributed by atoms with van der Waals surface area (Å²) in [5.74, 6) is 0.497. The van der Waals surface area contributed by atoms with E-state index in [0.717, 1.165) is 0 Å². The average molecular weight is 285 g/mol. The van der Waals surface area contributed by atoms with Gasteiger partial charge in [-0.2, -0.15) is 18.4 Å². The van der Waals surface area contributed by atoms with Crippen molar-refractivity contribution in [2.24, 2.45) is 0 Å². The molecule has 19 heavy (non-hydrogen) atoms. The maximum atomic E-state index is 11.6. The van der Waals surface area contributed by atoms with E-state index in [9.17, 15) is 8.42 Å². The van der Waals surface area contributed by atoms with Gasteiger partial charge < -0.3 is 9.47 Å². The molecule has 0 aromatic heterocycles. The summed E-state index contributed by atoms with van der Waals surface area (Å²) in [5, 5.41) is 8.35. The lowest BCUT2D eigenvalue weighted by Crippen LogP contribution is -2.32. The molecule has 0 amide bonds. The summed E-state index contributed by atoms with van der Waals surface area (Å²) in [7, 11) is -2.12. The number of nitrogens with one attached hydrogen (secondary N) is 2. The fourth-order valence-electron chi connectivity index (χ4n) is 1.20. The predicted octanol–water partition coefficient (Wildman–Crippen LogP) is 0.482. The Balaban J connectivity index is 2.55. The van der Waals surface area contributed by atoms with Gasteiger partial charge in [0.15, 0.2) is 6.61 Å². The lowest BCUT2D eigenvalue weighted by atomic mass is 10.3. The van der Waals surface area contributed by atoms with E-state index in [1.807, 2.05) is 6.07 Å². The first-order valence-electron chi connectivity index (χ1n) is 5.43. The zero-order chi connectivity index (χ0) is 14.1. The van der Waals surface area contributed by atoms with Gasteiger partial charge in [0.25, 0.3) is 10.2 Å². The van der Waals surface area contributed by atoms with Crippen LogP contribution in [0.3, 0.4) is 0 Å². The van der Waals surface area contributed by atoms with Gasteiger partial charge in [-0.05, 0) is 24.3 Å². The molecule has 0 saturated heterocycles. The Hall–Kier alpha value is -1.82. The van der Waals surface area contributed by atoms with Crippen LogP contribution in [0.25, 0.3) is 0 Å². The third-order valence-electron chi connectivity index (χ3n) is 2.01. The van der Waals surface area contributed by atoms with E-state index in [0.29, 0.717) is 18.0 Å². The number of rotatable bonds is 8. The van der Waals surface area contributed by atoms with Crippen LogP contribution in [-0.2, 0) is 14.9 Å². The summed E-state index contributed by atoms with van der Waals surface area (Å²) in [6.45, 7) is 0.431. The number of benzene rings is 1. The normalized spacial score (nSPS) is 10.7. The molecule has 0 unspecified atom stereocenters. The zero-order valence-corrected chi connectivity index (χ0v) is 11.2. The van der Waals surface area contributed by atoms with Crippen molar-refractivity contribution < 1.29 is 17.9 Å². The molecule has 0 aliphatic heterocycles. The summed E-state index contributed by atoms with van der Waals surface area (Å²) in [5.41, 5.74) is 0.397. The van der Waals surface area contributed by atoms with E-state index in [1.165, 1.54) is 7.11 Å². The van der Waals surface area contributed by atoms with Crippen molar-refractivity contribution in [3.05, 3.63) is 24.3 Å². The first-order valence-corrected chi connectivity index (χ1v) is 6.92. The molecule has 0 bridgehead atoms. The van der Waals surface area contributed by atoms with Gasteiger partial charge in [0.2, 0.25) is 0 Å². The van der Waals surface area contributed by atoms with E-state index < -0.39 is 10.2 Å². The number of nitriles is 1. The molecule has 1 rings (SSSR count).